The number of likely N-dealkylation sites (tertiary alicyclic amines) is 1. The number of aliphatic hydroxyl groups excluding tert-OH is 1. The molecule has 1 amide bonds. The third-order valence-electron chi connectivity index (χ3n) is 2.97. The quantitative estimate of drug-likeness (QED) is 0.682. The van der Waals surface area contributed by atoms with Crippen LogP contribution in [0.3, 0.4) is 0 Å². The Hall–Kier alpha value is -1.05. The lowest BCUT2D eigenvalue weighted by Crippen LogP contribution is -2.32. The van der Waals surface area contributed by atoms with E-state index >= 15 is 0 Å². The van der Waals surface area contributed by atoms with Crippen molar-refractivity contribution in [3.63, 3.8) is 0 Å². The van der Waals surface area contributed by atoms with Crippen LogP contribution in [0, 0.1) is 11.8 Å². The first-order valence-corrected chi connectivity index (χ1v) is 5.67. The van der Waals surface area contributed by atoms with Gasteiger partial charge in [-0.15, -0.1) is 0 Å². The van der Waals surface area contributed by atoms with E-state index in [1.165, 1.54) is 6.92 Å². The van der Waals surface area contributed by atoms with Gasteiger partial charge in [0, 0.05) is 20.0 Å². The summed E-state index contributed by atoms with van der Waals surface area (Å²) in [5.74, 6) is 6.05. The summed E-state index contributed by atoms with van der Waals surface area (Å²) in [6, 6.07) is 0.278. The van der Waals surface area contributed by atoms with Gasteiger partial charge in [-0.2, -0.15) is 0 Å². The molecule has 0 bridgehead atoms. The molecule has 0 aliphatic carbocycles. The average molecular weight is 224 g/mol. The Labute approximate surface area is 97.2 Å². The summed E-state index contributed by atoms with van der Waals surface area (Å²) >= 11 is 0. The fourth-order valence-electron chi connectivity index (χ4n) is 1.75. The van der Waals surface area contributed by atoms with Crippen LogP contribution in [0.5, 0.6) is 0 Å². The highest BCUT2D eigenvalue weighted by Gasteiger charge is 2.22. The van der Waals surface area contributed by atoms with Crippen LogP contribution in [0.25, 0.3) is 0 Å². The number of carbonyl (C=O) groups excluding carboxylic acids is 1. The first kappa shape index (κ1) is 13.0. The first-order valence-electron chi connectivity index (χ1n) is 5.67. The molecule has 90 valence electrons. The van der Waals surface area contributed by atoms with Crippen LogP contribution in [-0.2, 0) is 4.79 Å². The van der Waals surface area contributed by atoms with Crippen LogP contribution in [0.2, 0.25) is 0 Å². The second-order valence-corrected chi connectivity index (χ2v) is 4.18. The van der Waals surface area contributed by atoms with Gasteiger partial charge in [0.2, 0.25) is 5.91 Å². The van der Waals surface area contributed by atoms with Crippen molar-refractivity contribution in [1.82, 2.24) is 9.80 Å². The molecule has 0 aromatic rings. The highest BCUT2D eigenvalue weighted by Crippen LogP contribution is 2.15. The minimum atomic E-state index is 0.0312. The van der Waals surface area contributed by atoms with Crippen LogP contribution in [0.4, 0.5) is 0 Å². The predicted molar refractivity (Wildman–Crippen MR) is 62.8 cm³/mol. The van der Waals surface area contributed by atoms with Crippen LogP contribution in [0.1, 0.15) is 19.8 Å². The Balaban J connectivity index is 2.28. The highest BCUT2D eigenvalue weighted by atomic mass is 16.3. The van der Waals surface area contributed by atoms with Gasteiger partial charge in [-0.3, -0.25) is 9.69 Å². The van der Waals surface area contributed by atoms with Crippen LogP contribution < -0.4 is 0 Å². The molecule has 1 rings (SSSR count). The Morgan fingerprint density at radius 1 is 1.56 bits per heavy atom. The lowest BCUT2D eigenvalue weighted by atomic mass is 10.2. The summed E-state index contributed by atoms with van der Waals surface area (Å²) in [6.45, 7) is 3.94. The second kappa shape index (κ2) is 6.51. The molecule has 4 heteroatoms. The average Bonchev–Trinajstić information content (AvgIpc) is 2.71. The number of carbonyl (C=O) groups is 1. The van der Waals surface area contributed by atoms with Crippen molar-refractivity contribution in [2.45, 2.75) is 25.8 Å². The van der Waals surface area contributed by atoms with Crippen molar-refractivity contribution in [1.29, 1.82) is 0 Å². The number of hydrogen-bond acceptors (Lipinski definition) is 3. The van der Waals surface area contributed by atoms with E-state index in [0.29, 0.717) is 13.1 Å². The summed E-state index contributed by atoms with van der Waals surface area (Å²) in [6.07, 6.45) is 2.20. The lowest BCUT2D eigenvalue weighted by molar-refractivity contribution is -0.126. The Morgan fingerprint density at radius 2 is 2.31 bits per heavy atom. The van der Waals surface area contributed by atoms with E-state index in [-0.39, 0.29) is 18.6 Å². The maximum absolute atomic E-state index is 10.9. The molecule has 16 heavy (non-hydrogen) atoms. The van der Waals surface area contributed by atoms with Crippen molar-refractivity contribution in [3.8, 4) is 11.8 Å². The SMILES string of the molecule is CC(=O)N(C)CC#CCN1CCC[C@@H]1CO. The third-order valence-corrected chi connectivity index (χ3v) is 2.97. The number of nitrogens with zero attached hydrogens (tertiary/aromatic N) is 2. The van der Waals surface area contributed by atoms with Crippen molar-refractivity contribution in [2.24, 2.45) is 0 Å². The molecular weight excluding hydrogens is 204 g/mol. The smallest absolute Gasteiger partial charge is 0.219 e. The fourth-order valence-corrected chi connectivity index (χ4v) is 1.75. The molecule has 0 unspecified atom stereocenters. The molecule has 1 saturated heterocycles. The van der Waals surface area contributed by atoms with Gasteiger partial charge in [0.05, 0.1) is 19.7 Å². The summed E-state index contributed by atoms with van der Waals surface area (Å²) in [4.78, 5) is 14.7. The van der Waals surface area contributed by atoms with Crippen LogP contribution in [0.15, 0.2) is 0 Å². The molecule has 0 aromatic heterocycles. The van der Waals surface area contributed by atoms with Crippen molar-refractivity contribution < 1.29 is 9.90 Å². The van der Waals surface area contributed by atoms with E-state index in [1.807, 2.05) is 0 Å². The zero-order valence-electron chi connectivity index (χ0n) is 10.1. The second-order valence-electron chi connectivity index (χ2n) is 4.18. The first-order chi connectivity index (χ1) is 7.65. The minimum absolute atomic E-state index is 0.0312. The van der Waals surface area contributed by atoms with Gasteiger partial charge in [-0.1, -0.05) is 11.8 Å². The molecule has 1 fully saturated rings. The lowest BCUT2D eigenvalue weighted by Gasteiger charge is -2.19. The molecule has 0 saturated carbocycles. The molecule has 0 aromatic carbocycles. The van der Waals surface area contributed by atoms with Gasteiger partial charge in [-0.05, 0) is 19.4 Å². The monoisotopic (exact) mass is 224 g/mol. The number of aliphatic hydroxyl groups is 1. The standard InChI is InChI=1S/C12H20N2O2/c1-11(16)13(2)7-3-4-8-14-9-5-6-12(14)10-15/h12,15H,5-10H2,1-2H3/t12-/m1/s1. The summed E-state index contributed by atoms with van der Waals surface area (Å²) in [5, 5.41) is 9.11. The molecule has 0 radical (unpaired) electrons. The van der Waals surface area contributed by atoms with Gasteiger partial charge in [0.1, 0.15) is 0 Å². The topological polar surface area (TPSA) is 43.8 Å². The maximum atomic E-state index is 10.9. The number of amides is 1. The van der Waals surface area contributed by atoms with E-state index in [9.17, 15) is 4.79 Å². The predicted octanol–water partition coefficient (Wildman–Crippen LogP) is -0.0752. The van der Waals surface area contributed by atoms with Gasteiger partial charge in [0.15, 0.2) is 0 Å². The maximum Gasteiger partial charge on any atom is 0.219 e. The number of hydrogen-bond donors (Lipinski definition) is 1. The van der Waals surface area contributed by atoms with Crippen molar-refractivity contribution in [3.05, 3.63) is 0 Å². The van der Waals surface area contributed by atoms with Crippen molar-refractivity contribution >= 4 is 5.91 Å². The molecule has 1 N–H and O–H groups in total. The molecule has 4 nitrogen and oxygen atoms in total. The van der Waals surface area contributed by atoms with E-state index in [4.69, 9.17) is 5.11 Å². The molecule has 1 aliphatic rings. The molecular formula is C12H20N2O2. The Kier molecular flexibility index (Phi) is 5.30. The normalized spacial score (nSPS) is 20.3. The summed E-state index contributed by atoms with van der Waals surface area (Å²) in [7, 11) is 1.74. The van der Waals surface area contributed by atoms with E-state index in [2.05, 4.69) is 16.7 Å². The summed E-state index contributed by atoms with van der Waals surface area (Å²) in [5.41, 5.74) is 0. The highest BCUT2D eigenvalue weighted by molar-refractivity contribution is 5.73. The molecule has 0 spiro atoms. The summed E-state index contributed by atoms with van der Waals surface area (Å²) < 4.78 is 0. The van der Waals surface area contributed by atoms with Crippen LogP contribution in [-0.4, -0.2) is 60.1 Å². The minimum Gasteiger partial charge on any atom is -0.395 e. The molecule has 1 aliphatic heterocycles. The van der Waals surface area contributed by atoms with E-state index in [0.717, 1.165) is 19.4 Å². The third kappa shape index (κ3) is 3.84. The Bertz CT molecular complexity index is 293. The van der Waals surface area contributed by atoms with Gasteiger partial charge in [0.25, 0.3) is 0 Å². The molecule has 1 heterocycles. The largest absolute Gasteiger partial charge is 0.395 e. The number of rotatable bonds is 3. The zero-order chi connectivity index (χ0) is 12.0. The Morgan fingerprint density at radius 3 is 2.94 bits per heavy atom. The molecule has 1 atom stereocenters. The van der Waals surface area contributed by atoms with Gasteiger partial charge < -0.3 is 10.0 Å². The van der Waals surface area contributed by atoms with Crippen molar-refractivity contribution in [2.75, 3.05) is 33.3 Å². The van der Waals surface area contributed by atoms with E-state index < -0.39 is 0 Å². The van der Waals surface area contributed by atoms with Gasteiger partial charge in [-0.25, -0.2) is 0 Å². The fraction of sp³-hybridized carbons (Fsp3) is 0.750. The van der Waals surface area contributed by atoms with E-state index in [1.54, 1.807) is 11.9 Å². The zero-order valence-corrected chi connectivity index (χ0v) is 10.1. The van der Waals surface area contributed by atoms with Gasteiger partial charge >= 0.3 is 0 Å². The van der Waals surface area contributed by atoms with Crippen LogP contribution >= 0.6 is 0 Å².